The third-order valence-corrected chi connectivity index (χ3v) is 5.15. The second-order valence-electron chi connectivity index (χ2n) is 4.95. The molecule has 0 aliphatic heterocycles. The minimum absolute atomic E-state index is 0.0534. The number of hydrogen-bond acceptors (Lipinski definition) is 5. The minimum Gasteiger partial charge on any atom is -0.321 e. The van der Waals surface area contributed by atoms with Crippen molar-refractivity contribution in [3.8, 4) is 0 Å². The highest BCUT2D eigenvalue weighted by Gasteiger charge is 2.28. The number of hydrazine groups is 1. The number of nitrogen functional groups attached to an aromatic ring is 1. The van der Waals surface area contributed by atoms with Gasteiger partial charge in [0, 0.05) is 12.2 Å². The SMILES string of the molecule is CC(NS(=O)(=O)c1ncccc1NN)C1CCCC1. The number of nitrogens with two attached hydrogens (primary N) is 1. The van der Waals surface area contributed by atoms with E-state index in [1.807, 2.05) is 6.92 Å². The van der Waals surface area contributed by atoms with Crippen molar-refractivity contribution in [2.24, 2.45) is 11.8 Å². The Bertz CT molecular complexity index is 526. The van der Waals surface area contributed by atoms with Gasteiger partial charge >= 0.3 is 0 Å². The summed E-state index contributed by atoms with van der Waals surface area (Å²) in [5.74, 6) is 5.73. The Kier molecular flexibility index (Phi) is 4.38. The Hall–Kier alpha value is -1.18. The lowest BCUT2D eigenvalue weighted by Gasteiger charge is -2.20. The van der Waals surface area contributed by atoms with Crippen LogP contribution in [0.25, 0.3) is 0 Å². The van der Waals surface area contributed by atoms with Crippen LogP contribution in [0.15, 0.2) is 23.4 Å². The highest BCUT2D eigenvalue weighted by molar-refractivity contribution is 7.89. The summed E-state index contributed by atoms with van der Waals surface area (Å²) in [4.78, 5) is 3.91. The van der Waals surface area contributed by atoms with Crippen molar-refractivity contribution in [3.05, 3.63) is 18.3 Å². The fourth-order valence-corrected chi connectivity index (χ4v) is 3.98. The molecule has 6 nitrogen and oxygen atoms in total. The van der Waals surface area contributed by atoms with E-state index in [1.54, 1.807) is 12.1 Å². The Labute approximate surface area is 113 Å². The highest BCUT2D eigenvalue weighted by atomic mass is 32.2. The van der Waals surface area contributed by atoms with Crippen molar-refractivity contribution in [1.82, 2.24) is 9.71 Å². The molecule has 1 atom stereocenters. The summed E-state index contributed by atoms with van der Waals surface area (Å²) in [6, 6.07) is 3.14. The van der Waals surface area contributed by atoms with Crippen LogP contribution >= 0.6 is 0 Å². The topological polar surface area (TPSA) is 97.1 Å². The lowest BCUT2D eigenvalue weighted by atomic mass is 10.0. The van der Waals surface area contributed by atoms with Gasteiger partial charge in [-0.1, -0.05) is 12.8 Å². The maximum atomic E-state index is 12.3. The summed E-state index contributed by atoms with van der Waals surface area (Å²) in [5, 5.41) is -0.0534. The first kappa shape index (κ1) is 14.2. The van der Waals surface area contributed by atoms with Crippen molar-refractivity contribution < 1.29 is 8.42 Å². The Morgan fingerprint density at radius 3 is 2.74 bits per heavy atom. The molecule has 1 aromatic rings. The van der Waals surface area contributed by atoms with Gasteiger partial charge in [-0.25, -0.2) is 18.1 Å². The molecular formula is C12H20N4O2S. The van der Waals surface area contributed by atoms with Gasteiger partial charge in [0.1, 0.15) is 0 Å². The molecule has 0 aromatic carbocycles. The average molecular weight is 284 g/mol. The van der Waals surface area contributed by atoms with Gasteiger partial charge in [0.2, 0.25) is 0 Å². The maximum absolute atomic E-state index is 12.3. The van der Waals surface area contributed by atoms with Gasteiger partial charge in [-0.15, -0.1) is 0 Å². The number of nitrogens with one attached hydrogen (secondary N) is 2. The van der Waals surface area contributed by atoms with E-state index >= 15 is 0 Å². The molecule has 1 aliphatic carbocycles. The molecule has 0 spiro atoms. The van der Waals surface area contributed by atoms with Crippen molar-refractivity contribution in [3.63, 3.8) is 0 Å². The Balaban J connectivity index is 2.17. The monoisotopic (exact) mass is 284 g/mol. The van der Waals surface area contributed by atoms with Crippen LogP contribution in [-0.4, -0.2) is 19.4 Å². The average Bonchev–Trinajstić information content (AvgIpc) is 2.92. The number of rotatable bonds is 5. The second kappa shape index (κ2) is 5.85. The maximum Gasteiger partial charge on any atom is 0.260 e. The summed E-state index contributed by atoms with van der Waals surface area (Å²) < 4.78 is 27.3. The normalized spacial score (nSPS) is 18.4. The molecule has 4 N–H and O–H groups in total. The highest BCUT2D eigenvalue weighted by Crippen LogP contribution is 2.28. The van der Waals surface area contributed by atoms with Crippen LogP contribution in [-0.2, 0) is 10.0 Å². The fourth-order valence-electron chi connectivity index (χ4n) is 2.57. The van der Waals surface area contributed by atoms with Gasteiger partial charge in [-0.05, 0) is 37.8 Å². The van der Waals surface area contributed by atoms with Gasteiger partial charge in [-0.2, -0.15) is 0 Å². The summed E-state index contributed by atoms with van der Waals surface area (Å²) in [6.45, 7) is 1.91. The van der Waals surface area contributed by atoms with E-state index in [4.69, 9.17) is 5.84 Å². The number of aromatic nitrogens is 1. The smallest absolute Gasteiger partial charge is 0.260 e. The third kappa shape index (κ3) is 3.23. The van der Waals surface area contributed by atoms with Gasteiger partial charge in [0.25, 0.3) is 10.0 Å². The van der Waals surface area contributed by atoms with E-state index in [-0.39, 0.29) is 11.1 Å². The summed E-state index contributed by atoms with van der Waals surface area (Å²) in [5.41, 5.74) is 2.66. The van der Waals surface area contributed by atoms with Crippen LogP contribution in [0.1, 0.15) is 32.6 Å². The number of anilines is 1. The molecule has 1 fully saturated rings. The third-order valence-electron chi connectivity index (χ3n) is 3.63. The minimum atomic E-state index is -3.64. The number of hydrogen-bond donors (Lipinski definition) is 3. The van der Waals surface area contributed by atoms with Crippen molar-refractivity contribution in [2.75, 3.05) is 5.43 Å². The molecule has 1 saturated carbocycles. The molecular weight excluding hydrogens is 264 g/mol. The van der Waals surface area contributed by atoms with Crippen LogP contribution in [0.4, 0.5) is 5.69 Å². The predicted octanol–water partition coefficient (Wildman–Crippen LogP) is 1.22. The lowest BCUT2D eigenvalue weighted by Crippen LogP contribution is -2.38. The molecule has 0 bridgehead atoms. The predicted molar refractivity (Wildman–Crippen MR) is 73.8 cm³/mol. The van der Waals surface area contributed by atoms with Gasteiger partial charge in [0.15, 0.2) is 5.03 Å². The summed E-state index contributed by atoms with van der Waals surface area (Å²) >= 11 is 0. The zero-order chi connectivity index (χ0) is 13.9. The van der Waals surface area contributed by atoms with Crippen LogP contribution < -0.4 is 16.0 Å². The van der Waals surface area contributed by atoms with Crippen LogP contribution in [0, 0.1) is 5.92 Å². The van der Waals surface area contributed by atoms with Gasteiger partial charge < -0.3 is 5.43 Å². The van der Waals surface area contributed by atoms with Crippen LogP contribution in [0.2, 0.25) is 0 Å². The van der Waals surface area contributed by atoms with E-state index in [1.165, 1.54) is 19.0 Å². The molecule has 1 aromatic heterocycles. The molecule has 2 rings (SSSR count). The Morgan fingerprint density at radius 2 is 2.11 bits per heavy atom. The lowest BCUT2D eigenvalue weighted by molar-refractivity contribution is 0.423. The van der Waals surface area contributed by atoms with E-state index in [0.717, 1.165) is 12.8 Å². The first-order valence-corrected chi connectivity index (χ1v) is 7.97. The standard InChI is InChI=1S/C12H20N4O2S/c1-9(10-5-2-3-6-10)16-19(17,18)12-11(15-13)7-4-8-14-12/h4,7-10,15-16H,2-3,5-6,13H2,1H3. The number of pyridine rings is 1. The van der Waals surface area contributed by atoms with Crippen molar-refractivity contribution in [2.45, 2.75) is 43.7 Å². The van der Waals surface area contributed by atoms with Gasteiger partial charge in [-0.3, -0.25) is 5.84 Å². The largest absolute Gasteiger partial charge is 0.321 e. The second-order valence-corrected chi connectivity index (χ2v) is 6.58. The van der Waals surface area contributed by atoms with Crippen LogP contribution in [0.5, 0.6) is 0 Å². The molecule has 0 radical (unpaired) electrons. The molecule has 7 heteroatoms. The molecule has 0 saturated heterocycles. The number of nitrogens with zero attached hydrogens (tertiary/aromatic N) is 1. The fraction of sp³-hybridized carbons (Fsp3) is 0.583. The van der Waals surface area contributed by atoms with Gasteiger partial charge in [0.05, 0.1) is 5.69 Å². The molecule has 19 heavy (non-hydrogen) atoms. The molecule has 1 unspecified atom stereocenters. The van der Waals surface area contributed by atoms with E-state index in [9.17, 15) is 8.42 Å². The molecule has 0 amide bonds. The van der Waals surface area contributed by atoms with Crippen molar-refractivity contribution in [1.29, 1.82) is 0 Å². The Morgan fingerprint density at radius 1 is 1.42 bits per heavy atom. The van der Waals surface area contributed by atoms with E-state index in [2.05, 4.69) is 15.1 Å². The van der Waals surface area contributed by atoms with E-state index < -0.39 is 10.0 Å². The zero-order valence-electron chi connectivity index (χ0n) is 11.0. The molecule has 1 aliphatic rings. The first-order valence-electron chi connectivity index (χ1n) is 6.48. The molecule has 1 heterocycles. The zero-order valence-corrected chi connectivity index (χ0v) is 11.8. The van der Waals surface area contributed by atoms with E-state index in [0.29, 0.717) is 11.6 Å². The van der Waals surface area contributed by atoms with Crippen molar-refractivity contribution >= 4 is 15.7 Å². The summed E-state index contributed by atoms with van der Waals surface area (Å²) in [6.07, 6.45) is 5.95. The first-order chi connectivity index (χ1) is 9.04. The number of sulfonamides is 1. The van der Waals surface area contributed by atoms with Crippen LogP contribution in [0.3, 0.4) is 0 Å². The quantitative estimate of drug-likeness (QED) is 0.558. The summed E-state index contributed by atoms with van der Waals surface area (Å²) in [7, 11) is -3.64. The molecule has 106 valence electrons.